The molecule has 2 amide bonds. The van der Waals surface area contributed by atoms with Crippen molar-refractivity contribution < 1.29 is 24.1 Å². The number of nitrogens with one attached hydrogen (secondary N) is 2. The van der Waals surface area contributed by atoms with Gasteiger partial charge in [0.05, 0.1) is 26.1 Å². The third-order valence-electron chi connectivity index (χ3n) is 4.82. The first kappa shape index (κ1) is 22.7. The number of halogens is 1. The molecule has 168 valence electrons. The van der Waals surface area contributed by atoms with Crippen LogP contribution in [0.1, 0.15) is 33.6 Å². The van der Waals surface area contributed by atoms with Crippen LogP contribution in [0.15, 0.2) is 18.2 Å². The van der Waals surface area contributed by atoms with E-state index in [1.807, 2.05) is 23.1 Å². The third-order valence-corrected chi connectivity index (χ3v) is 5.10. The lowest BCUT2D eigenvalue weighted by molar-refractivity contribution is -0.654. The van der Waals surface area contributed by atoms with Gasteiger partial charge in [-0.3, -0.25) is 9.59 Å². The Kier molecular flexibility index (Phi) is 6.44. The van der Waals surface area contributed by atoms with Crippen molar-refractivity contribution in [2.75, 3.05) is 18.0 Å². The summed E-state index contributed by atoms with van der Waals surface area (Å²) in [7, 11) is 1.82. The molecule has 6 N–H and O–H groups in total. The van der Waals surface area contributed by atoms with Crippen molar-refractivity contribution in [2.45, 2.75) is 20.0 Å². The number of hydrogen-bond acceptors (Lipinski definition) is 8. The topological polar surface area (TPSA) is 185 Å². The summed E-state index contributed by atoms with van der Waals surface area (Å²) in [5.74, 6) is -1.97. The molecule has 0 fully saturated rings. The molecule has 0 aliphatic carbocycles. The largest absolute Gasteiger partial charge is 0.548 e. The van der Waals surface area contributed by atoms with Gasteiger partial charge in [0.15, 0.2) is 33.5 Å². The first-order valence-electron chi connectivity index (χ1n) is 9.49. The zero-order chi connectivity index (χ0) is 23.6. The van der Waals surface area contributed by atoms with Crippen LogP contribution in [0.5, 0.6) is 0 Å². The van der Waals surface area contributed by atoms with E-state index in [1.54, 1.807) is 18.2 Å². The summed E-state index contributed by atoms with van der Waals surface area (Å²) >= 11 is 5.84. The SMILES string of the molecule is CCn1c(CNC(=O)c2nc(Cl)c(N)nc2N)[n+](C)c2ccc(C(=O)NCC(=O)[O-])cc21. The molecule has 13 heteroatoms. The summed E-state index contributed by atoms with van der Waals surface area (Å²) in [6.45, 7) is 1.99. The fraction of sp³-hybridized carbons (Fsp3) is 0.263. The maximum absolute atomic E-state index is 12.6. The van der Waals surface area contributed by atoms with Gasteiger partial charge in [0.1, 0.15) is 6.54 Å². The normalized spacial score (nSPS) is 10.8. The van der Waals surface area contributed by atoms with Crippen LogP contribution in [0, 0.1) is 0 Å². The number of aliphatic carboxylic acids is 1. The molecule has 2 aromatic heterocycles. The number of carbonyl (C=O) groups is 3. The van der Waals surface area contributed by atoms with Crippen LogP contribution in [0.2, 0.25) is 5.15 Å². The number of benzene rings is 1. The van der Waals surface area contributed by atoms with Crippen LogP contribution in [0.3, 0.4) is 0 Å². The molecule has 0 aliphatic rings. The monoisotopic (exact) mass is 460 g/mol. The first-order valence-corrected chi connectivity index (χ1v) is 9.87. The Balaban J connectivity index is 1.89. The number of amides is 2. The third kappa shape index (κ3) is 4.39. The molecule has 2 heterocycles. The fourth-order valence-electron chi connectivity index (χ4n) is 3.30. The van der Waals surface area contributed by atoms with E-state index in [1.165, 1.54) is 0 Å². The molecule has 3 rings (SSSR count). The molecule has 1 aromatic carbocycles. The van der Waals surface area contributed by atoms with Gasteiger partial charge in [-0.15, -0.1) is 0 Å². The smallest absolute Gasteiger partial charge is 0.276 e. The summed E-state index contributed by atoms with van der Waals surface area (Å²) in [6.07, 6.45) is 0. The Morgan fingerprint density at radius 3 is 2.53 bits per heavy atom. The van der Waals surface area contributed by atoms with Gasteiger partial charge in [-0.1, -0.05) is 11.6 Å². The maximum atomic E-state index is 12.6. The molecule has 0 radical (unpaired) electrons. The quantitative estimate of drug-likeness (QED) is 0.307. The number of carboxylic acid groups (broad SMARTS) is 1. The van der Waals surface area contributed by atoms with Crippen LogP contribution < -0.4 is 31.8 Å². The second kappa shape index (κ2) is 9.06. The first-order chi connectivity index (χ1) is 15.1. The summed E-state index contributed by atoms with van der Waals surface area (Å²) in [6, 6.07) is 4.98. The van der Waals surface area contributed by atoms with Gasteiger partial charge in [0, 0.05) is 11.6 Å². The van der Waals surface area contributed by atoms with Crippen molar-refractivity contribution >= 4 is 52.1 Å². The van der Waals surface area contributed by atoms with E-state index in [-0.39, 0.29) is 29.0 Å². The number of carbonyl (C=O) groups excluding carboxylic acids is 3. The predicted octanol–water partition coefficient (Wildman–Crippen LogP) is -1.50. The average Bonchev–Trinajstić information content (AvgIpc) is 3.03. The van der Waals surface area contributed by atoms with Gasteiger partial charge in [0.2, 0.25) is 0 Å². The number of carboxylic acids is 1. The van der Waals surface area contributed by atoms with Crippen LogP contribution in [-0.2, 0) is 24.9 Å². The second-order valence-corrected chi connectivity index (χ2v) is 7.15. The van der Waals surface area contributed by atoms with Gasteiger partial charge < -0.3 is 32.0 Å². The molecule has 32 heavy (non-hydrogen) atoms. The molecular formula is C19H21ClN8O4. The lowest BCUT2D eigenvalue weighted by Gasteiger charge is -2.07. The van der Waals surface area contributed by atoms with Crippen molar-refractivity contribution in [1.82, 2.24) is 25.2 Å². The van der Waals surface area contributed by atoms with E-state index in [0.29, 0.717) is 12.1 Å². The number of hydrogen-bond donors (Lipinski definition) is 4. The van der Waals surface area contributed by atoms with Crippen molar-refractivity contribution in [2.24, 2.45) is 7.05 Å². The molecule has 0 bridgehead atoms. The minimum Gasteiger partial charge on any atom is -0.548 e. The van der Waals surface area contributed by atoms with Crippen LogP contribution in [-0.4, -0.2) is 38.9 Å². The minimum absolute atomic E-state index is 0.0716. The zero-order valence-corrected chi connectivity index (χ0v) is 18.1. The lowest BCUT2D eigenvalue weighted by atomic mass is 10.2. The highest BCUT2D eigenvalue weighted by atomic mass is 35.5. The van der Waals surface area contributed by atoms with E-state index < -0.39 is 24.3 Å². The van der Waals surface area contributed by atoms with Gasteiger partial charge in [-0.25, -0.2) is 19.1 Å². The van der Waals surface area contributed by atoms with Crippen LogP contribution in [0.4, 0.5) is 11.6 Å². The number of aromatic nitrogens is 4. The minimum atomic E-state index is -1.38. The summed E-state index contributed by atoms with van der Waals surface area (Å²) in [5, 5.41) is 15.5. The van der Waals surface area contributed by atoms with Crippen molar-refractivity contribution in [3.63, 3.8) is 0 Å². The number of aryl methyl sites for hydroxylation is 2. The van der Waals surface area contributed by atoms with Crippen molar-refractivity contribution in [1.29, 1.82) is 0 Å². The van der Waals surface area contributed by atoms with E-state index >= 15 is 0 Å². The van der Waals surface area contributed by atoms with E-state index in [2.05, 4.69) is 20.6 Å². The van der Waals surface area contributed by atoms with Crippen molar-refractivity contribution in [3.05, 3.63) is 40.4 Å². The highest BCUT2D eigenvalue weighted by Crippen LogP contribution is 2.19. The second-order valence-electron chi connectivity index (χ2n) is 6.79. The van der Waals surface area contributed by atoms with E-state index in [4.69, 9.17) is 23.1 Å². The standard InChI is InChI=1S/C19H21ClN8O4/c1-3-28-11-6-9(18(31)24-8-13(29)30)4-5-10(11)27(2)12(28)7-23-19(32)14-16(21)26-17(22)15(20)25-14/h4-6H,3,7-8H2,1-2H3,(H6-,21,22,23,24,26,29,30,31,32). The van der Waals surface area contributed by atoms with Gasteiger partial charge in [-0.05, 0) is 19.1 Å². The van der Waals surface area contributed by atoms with E-state index in [0.717, 1.165) is 16.9 Å². The number of nitrogens with zero attached hydrogens (tertiary/aromatic N) is 4. The van der Waals surface area contributed by atoms with Gasteiger partial charge >= 0.3 is 0 Å². The predicted molar refractivity (Wildman–Crippen MR) is 113 cm³/mol. The fourth-order valence-corrected chi connectivity index (χ4v) is 3.42. The maximum Gasteiger partial charge on any atom is 0.276 e. The number of anilines is 2. The van der Waals surface area contributed by atoms with Gasteiger partial charge in [-0.2, -0.15) is 0 Å². The number of imidazole rings is 1. The van der Waals surface area contributed by atoms with E-state index in [9.17, 15) is 19.5 Å². The molecule has 0 saturated carbocycles. The Bertz CT molecular complexity index is 1240. The molecule has 0 unspecified atom stereocenters. The van der Waals surface area contributed by atoms with Crippen LogP contribution in [0.25, 0.3) is 11.0 Å². The molecule has 0 spiro atoms. The molecular weight excluding hydrogens is 440 g/mol. The summed E-state index contributed by atoms with van der Waals surface area (Å²) in [4.78, 5) is 43.1. The zero-order valence-electron chi connectivity index (χ0n) is 17.3. The summed E-state index contributed by atoms with van der Waals surface area (Å²) < 4.78 is 3.78. The molecule has 0 saturated heterocycles. The number of nitrogen functional groups attached to an aromatic ring is 2. The number of rotatable bonds is 7. The molecule has 3 aromatic rings. The Labute approximate surface area is 187 Å². The van der Waals surface area contributed by atoms with Crippen molar-refractivity contribution in [3.8, 4) is 0 Å². The summed E-state index contributed by atoms with van der Waals surface area (Å²) in [5.41, 5.74) is 13.0. The molecule has 0 aliphatic heterocycles. The molecule has 0 atom stereocenters. The average molecular weight is 461 g/mol. The number of fused-ring (bicyclic) bond motifs is 1. The van der Waals surface area contributed by atoms with Crippen LogP contribution >= 0.6 is 11.6 Å². The Morgan fingerprint density at radius 1 is 1.16 bits per heavy atom. The Morgan fingerprint density at radius 2 is 1.88 bits per heavy atom. The van der Waals surface area contributed by atoms with Gasteiger partial charge in [0.25, 0.3) is 17.6 Å². The highest BCUT2D eigenvalue weighted by Gasteiger charge is 2.24. The number of nitrogens with two attached hydrogens (primary N) is 2. The lowest BCUT2D eigenvalue weighted by Crippen LogP contribution is -2.38. The molecule has 12 nitrogen and oxygen atoms in total. The highest BCUT2D eigenvalue weighted by molar-refractivity contribution is 6.31. The Hall–Kier alpha value is -3.93.